The summed E-state index contributed by atoms with van der Waals surface area (Å²) in [6, 6.07) is 9.30. The highest BCUT2D eigenvalue weighted by Gasteiger charge is 2.28. The van der Waals surface area contributed by atoms with E-state index < -0.39 is 0 Å². The number of nitrogens with zero attached hydrogens (tertiary/aromatic N) is 2. The third-order valence-electron chi connectivity index (χ3n) is 4.89. The maximum absolute atomic E-state index is 12.7. The molecular formula is C22H20N4O4. The van der Waals surface area contributed by atoms with Crippen molar-refractivity contribution in [1.82, 2.24) is 10.4 Å². The van der Waals surface area contributed by atoms with Crippen molar-refractivity contribution in [2.75, 3.05) is 5.32 Å². The van der Waals surface area contributed by atoms with Crippen molar-refractivity contribution >= 4 is 23.2 Å². The molecule has 0 saturated carbocycles. The van der Waals surface area contributed by atoms with Crippen LogP contribution in [0, 0.1) is 6.92 Å². The number of hydrogen-bond donors (Lipinski definition) is 3. The van der Waals surface area contributed by atoms with E-state index in [1.54, 1.807) is 24.5 Å². The predicted molar refractivity (Wildman–Crippen MR) is 111 cm³/mol. The Morgan fingerprint density at radius 1 is 1.07 bits per heavy atom. The second kappa shape index (κ2) is 8.20. The summed E-state index contributed by atoms with van der Waals surface area (Å²) in [6.45, 7) is 1.81. The molecule has 1 aromatic carbocycles. The molecule has 2 heterocycles. The lowest BCUT2D eigenvalue weighted by molar-refractivity contribution is 0.0953. The van der Waals surface area contributed by atoms with Crippen LogP contribution in [-0.2, 0) is 6.42 Å². The molecule has 0 radical (unpaired) electrons. The summed E-state index contributed by atoms with van der Waals surface area (Å²) >= 11 is 0. The van der Waals surface area contributed by atoms with Crippen LogP contribution >= 0.6 is 0 Å². The molecule has 0 unspecified atom stereocenters. The summed E-state index contributed by atoms with van der Waals surface area (Å²) < 4.78 is 5.86. The molecule has 0 bridgehead atoms. The molecule has 0 aliphatic heterocycles. The fourth-order valence-electron chi connectivity index (χ4n) is 3.42. The molecule has 0 saturated heterocycles. The van der Waals surface area contributed by atoms with E-state index in [2.05, 4.69) is 20.8 Å². The normalized spacial score (nSPS) is 14.2. The Morgan fingerprint density at radius 3 is 2.53 bits per heavy atom. The summed E-state index contributed by atoms with van der Waals surface area (Å²) in [4.78, 5) is 28.9. The molecule has 2 aromatic heterocycles. The van der Waals surface area contributed by atoms with Gasteiger partial charge in [-0.3, -0.25) is 14.6 Å². The number of anilines is 1. The zero-order valence-corrected chi connectivity index (χ0v) is 16.3. The lowest BCUT2D eigenvalue weighted by atomic mass is 9.93. The van der Waals surface area contributed by atoms with Crippen LogP contribution in [0.2, 0.25) is 0 Å². The smallest absolute Gasteiger partial charge is 0.291 e. The third kappa shape index (κ3) is 3.93. The van der Waals surface area contributed by atoms with E-state index in [-0.39, 0.29) is 23.3 Å². The molecule has 4 rings (SSSR count). The SMILES string of the molecule is Cc1c(C(=O)Nc2ccncc2)oc2c1/C(=N/NC(=O)c1ccc(O)cc1)CCC2. The van der Waals surface area contributed by atoms with Gasteiger partial charge in [0.15, 0.2) is 5.76 Å². The van der Waals surface area contributed by atoms with Crippen molar-refractivity contribution in [3.8, 4) is 5.75 Å². The van der Waals surface area contributed by atoms with Crippen LogP contribution in [0.4, 0.5) is 5.69 Å². The monoisotopic (exact) mass is 404 g/mol. The molecule has 8 nitrogen and oxygen atoms in total. The quantitative estimate of drug-likeness (QED) is 0.576. The summed E-state index contributed by atoms with van der Waals surface area (Å²) in [7, 11) is 0. The van der Waals surface area contributed by atoms with Crippen LogP contribution in [0.25, 0.3) is 0 Å². The number of benzene rings is 1. The Kier molecular flexibility index (Phi) is 5.30. The van der Waals surface area contributed by atoms with Crippen LogP contribution in [0.15, 0.2) is 58.3 Å². The maximum Gasteiger partial charge on any atom is 0.291 e. The Bertz CT molecular complexity index is 1120. The third-order valence-corrected chi connectivity index (χ3v) is 4.89. The number of aromatic nitrogens is 1. The van der Waals surface area contributed by atoms with E-state index in [1.165, 1.54) is 24.3 Å². The number of aromatic hydroxyl groups is 1. The van der Waals surface area contributed by atoms with E-state index in [1.807, 2.05) is 6.92 Å². The first-order chi connectivity index (χ1) is 14.5. The number of rotatable bonds is 4. The van der Waals surface area contributed by atoms with Gasteiger partial charge in [-0.05, 0) is 56.2 Å². The molecule has 8 heteroatoms. The standard InChI is InChI=1S/C22H20N4O4/c1-13-19-17(25-26-21(28)14-5-7-16(27)8-6-14)3-2-4-18(19)30-20(13)22(29)24-15-9-11-23-12-10-15/h5-12,27H,2-4H2,1H3,(H,26,28)(H,23,24,29)/b25-17+. The van der Waals surface area contributed by atoms with Gasteiger partial charge in [0.2, 0.25) is 0 Å². The summed E-state index contributed by atoms with van der Waals surface area (Å²) in [6.07, 6.45) is 5.35. The van der Waals surface area contributed by atoms with E-state index in [0.29, 0.717) is 41.1 Å². The number of aryl methyl sites for hydroxylation is 1. The molecule has 0 fully saturated rings. The van der Waals surface area contributed by atoms with Gasteiger partial charge in [0.25, 0.3) is 11.8 Å². The van der Waals surface area contributed by atoms with Gasteiger partial charge < -0.3 is 14.8 Å². The molecule has 3 N–H and O–H groups in total. The Morgan fingerprint density at radius 2 is 1.80 bits per heavy atom. The topological polar surface area (TPSA) is 117 Å². The molecule has 1 aliphatic rings. The first-order valence-corrected chi connectivity index (χ1v) is 9.53. The average Bonchev–Trinajstić information content (AvgIpc) is 3.10. The lowest BCUT2D eigenvalue weighted by Gasteiger charge is -2.13. The number of carbonyl (C=O) groups is 2. The second-order valence-corrected chi connectivity index (χ2v) is 6.94. The highest BCUT2D eigenvalue weighted by Crippen LogP contribution is 2.30. The van der Waals surface area contributed by atoms with Gasteiger partial charge >= 0.3 is 0 Å². The predicted octanol–water partition coefficient (Wildman–Crippen LogP) is 3.41. The molecular weight excluding hydrogens is 384 g/mol. The fourth-order valence-corrected chi connectivity index (χ4v) is 3.42. The number of furan rings is 1. The Balaban J connectivity index is 1.56. The van der Waals surface area contributed by atoms with Gasteiger partial charge in [-0.2, -0.15) is 5.10 Å². The Hall–Kier alpha value is -3.94. The van der Waals surface area contributed by atoms with Gasteiger partial charge in [-0.1, -0.05) is 0 Å². The first kappa shape index (κ1) is 19.4. The van der Waals surface area contributed by atoms with Crippen molar-refractivity contribution in [1.29, 1.82) is 0 Å². The highest BCUT2D eigenvalue weighted by molar-refractivity contribution is 6.09. The van der Waals surface area contributed by atoms with Crippen molar-refractivity contribution in [2.45, 2.75) is 26.2 Å². The summed E-state index contributed by atoms with van der Waals surface area (Å²) in [5.41, 5.74) is 5.69. The van der Waals surface area contributed by atoms with E-state index >= 15 is 0 Å². The van der Waals surface area contributed by atoms with Crippen LogP contribution in [0.1, 0.15) is 50.6 Å². The van der Waals surface area contributed by atoms with Crippen LogP contribution in [0.5, 0.6) is 5.75 Å². The molecule has 0 spiro atoms. The van der Waals surface area contributed by atoms with Crippen LogP contribution in [-0.4, -0.2) is 27.6 Å². The zero-order chi connectivity index (χ0) is 21.1. The fraction of sp³-hybridized carbons (Fsp3) is 0.182. The van der Waals surface area contributed by atoms with Gasteiger partial charge in [0, 0.05) is 41.2 Å². The van der Waals surface area contributed by atoms with E-state index in [9.17, 15) is 14.7 Å². The van der Waals surface area contributed by atoms with Crippen molar-refractivity contribution in [2.24, 2.45) is 5.10 Å². The number of phenols is 1. The number of amides is 2. The highest BCUT2D eigenvalue weighted by atomic mass is 16.4. The summed E-state index contributed by atoms with van der Waals surface area (Å²) in [5, 5.41) is 16.4. The molecule has 30 heavy (non-hydrogen) atoms. The van der Waals surface area contributed by atoms with Gasteiger partial charge in [0.05, 0.1) is 5.71 Å². The minimum atomic E-state index is -0.383. The number of pyridine rings is 1. The number of fused-ring (bicyclic) bond motifs is 1. The van der Waals surface area contributed by atoms with Gasteiger partial charge in [-0.15, -0.1) is 0 Å². The minimum Gasteiger partial charge on any atom is -0.508 e. The minimum absolute atomic E-state index is 0.0846. The van der Waals surface area contributed by atoms with E-state index in [4.69, 9.17) is 4.42 Å². The summed E-state index contributed by atoms with van der Waals surface area (Å²) in [5.74, 6) is 0.279. The molecule has 0 atom stereocenters. The second-order valence-electron chi connectivity index (χ2n) is 6.94. The maximum atomic E-state index is 12.7. The van der Waals surface area contributed by atoms with Gasteiger partial charge in [0.1, 0.15) is 11.5 Å². The number of hydrazone groups is 1. The van der Waals surface area contributed by atoms with Crippen LogP contribution < -0.4 is 10.7 Å². The molecule has 2 amide bonds. The lowest BCUT2D eigenvalue weighted by Crippen LogP contribution is -2.22. The number of phenolic OH excluding ortho intramolecular Hbond substituents is 1. The largest absolute Gasteiger partial charge is 0.508 e. The zero-order valence-electron chi connectivity index (χ0n) is 16.3. The van der Waals surface area contributed by atoms with Crippen molar-refractivity contribution in [3.05, 3.63) is 77.0 Å². The van der Waals surface area contributed by atoms with E-state index in [0.717, 1.165) is 12.0 Å². The van der Waals surface area contributed by atoms with Crippen molar-refractivity contribution in [3.63, 3.8) is 0 Å². The van der Waals surface area contributed by atoms with Gasteiger partial charge in [-0.25, -0.2) is 5.43 Å². The average molecular weight is 404 g/mol. The van der Waals surface area contributed by atoms with Crippen LogP contribution in [0.3, 0.4) is 0 Å². The first-order valence-electron chi connectivity index (χ1n) is 9.53. The number of nitrogens with one attached hydrogen (secondary N) is 2. The van der Waals surface area contributed by atoms with Crippen molar-refractivity contribution < 1.29 is 19.1 Å². The molecule has 3 aromatic rings. The number of hydrogen-bond acceptors (Lipinski definition) is 6. The molecule has 152 valence electrons. The Labute approximate surface area is 172 Å². The molecule has 1 aliphatic carbocycles. The number of carbonyl (C=O) groups excluding carboxylic acids is 2.